The Kier molecular flexibility index (Phi) is 5.66. The number of hydrogen-bond donors (Lipinski definition) is 2. The maximum Gasteiger partial charge on any atom is 0.156 e. The minimum absolute atomic E-state index is 0.0843. The maximum atomic E-state index is 9.01. The van der Waals surface area contributed by atoms with Gasteiger partial charge in [0.15, 0.2) is 5.82 Å². The van der Waals surface area contributed by atoms with Gasteiger partial charge < -0.3 is 15.2 Å². The molecule has 0 unspecified atom stereocenters. The molecule has 2 aromatic rings. The van der Waals surface area contributed by atoms with Gasteiger partial charge >= 0.3 is 0 Å². The fraction of sp³-hybridized carbons (Fsp3) is 0.375. The van der Waals surface area contributed by atoms with Crippen molar-refractivity contribution in [1.82, 2.24) is 9.97 Å². The second kappa shape index (κ2) is 7.71. The van der Waals surface area contributed by atoms with Crippen LogP contribution in [0.3, 0.4) is 0 Å². The second-order valence-corrected chi connectivity index (χ2v) is 4.90. The van der Waals surface area contributed by atoms with Crippen molar-refractivity contribution >= 4 is 5.82 Å². The Hall–Kier alpha value is -1.98. The lowest BCUT2D eigenvalue weighted by atomic mass is 10.1. The van der Waals surface area contributed by atoms with Gasteiger partial charge in [0.1, 0.15) is 12.4 Å². The quantitative estimate of drug-likeness (QED) is 0.816. The summed E-state index contributed by atoms with van der Waals surface area (Å²) in [6.07, 6.45) is 0.897. The summed E-state index contributed by atoms with van der Waals surface area (Å²) >= 11 is 0. The van der Waals surface area contributed by atoms with Crippen LogP contribution in [0.25, 0.3) is 0 Å². The predicted octanol–water partition coefficient (Wildman–Crippen LogP) is 2.08. The van der Waals surface area contributed by atoms with E-state index in [0.717, 1.165) is 30.0 Å². The molecule has 0 radical (unpaired) electrons. The summed E-state index contributed by atoms with van der Waals surface area (Å²) in [5, 5.41) is 12.3. The smallest absolute Gasteiger partial charge is 0.156 e. The second-order valence-electron chi connectivity index (χ2n) is 4.90. The molecule has 0 aliphatic rings. The molecule has 1 aromatic heterocycles. The zero-order valence-corrected chi connectivity index (χ0v) is 12.5. The van der Waals surface area contributed by atoms with Crippen LogP contribution in [-0.2, 0) is 24.4 Å². The highest BCUT2D eigenvalue weighted by Gasteiger charge is 2.02. The van der Waals surface area contributed by atoms with Crippen LogP contribution < -0.4 is 5.32 Å². The molecule has 21 heavy (non-hydrogen) atoms. The monoisotopic (exact) mass is 287 g/mol. The molecule has 0 saturated heterocycles. The van der Waals surface area contributed by atoms with E-state index in [4.69, 9.17) is 9.84 Å². The van der Waals surface area contributed by atoms with Crippen molar-refractivity contribution in [3.8, 4) is 0 Å². The molecule has 112 valence electrons. The summed E-state index contributed by atoms with van der Waals surface area (Å²) in [5.74, 6) is 1.51. The minimum Gasteiger partial charge on any atom is -0.392 e. The van der Waals surface area contributed by atoms with Gasteiger partial charge in [-0.05, 0) is 24.5 Å². The molecular weight excluding hydrogens is 266 g/mol. The molecule has 0 fully saturated rings. The summed E-state index contributed by atoms with van der Waals surface area (Å²) in [4.78, 5) is 8.71. The van der Waals surface area contributed by atoms with E-state index in [1.54, 1.807) is 7.11 Å². The molecule has 0 aliphatic heterocycles. The average Bonchev–Trinajstić information content (AvgIpc) is 2.48. The van der Waals surface area contributed by atoms with Gasteiger partial charge in [0.2, 0.25) is 0 Å². The third kappa shape index (κ3) is 4.81. The summed E-state index contributed by atoms with van der Waals surface area (Å²) < 4.78 is 5.06. The number of ether oxygens (including phenoxy) is 1. The van der Waals surface area contributed by atoms with Gasteiger partial charge in [-0.1, -0.05) is 24.3 Å². The normalized spacial score (nSPS) is 10.6. The first-order valence-corrected chi connectivity index (χ1v) is 6.97. The lowest BCUT2D eigenvalue weighted by Gasteiger charge is -2.08. The number of rotatable bonds is 7. The van der Waals surface area contributed by atoms with E-state index in [1.807, 2.05) is 37.3 Å². The zero-order valence-electron chi connectivity index (χ0n) is 12.5. The minimum atomic E-state index is 0.0843. The number of aliphatic hydroxyl groups excluding tert-OH is 1. The standard InChI is InChI=1S/C16H21N3O2/c1-12-9-15(19-16(18-12)11-21-2)17-8-7-13-3-5-14(10-20)6-4-13/h3-6,9,20H,7-8,10-11H2,1-2H3,(H,17,18,19). The van der Waals surface area contributed by atoms with E-state index >= 15 is 0 Å². The Bertz CT molecular complexity index is 570. The predicted molar refractivity (Wildman–Crippen MR) is 82.0 cm³/mol. The van der Waals surface area contributed by atoms with Crippen LogP contribution in [0.15, 0.2) is 30.3 Å². The van der Waals surface area contributed by atoms with Crippen LogP contribution in [0.5, 0.6) is 0 Å². The molecule has 5 nitrogen and oxygen atoms in total. The van der Waals surface area contributed by atoms with Crippen LogP contribution in [0.1, 0.15) is 22.6 Å². The van der Waals surface area contributed by atoms with E-state index in [2.05, 4.69) is 15.3 Å². The third-order valence-electron chi connectivity index (χ3n) is 3.10. The van der Waals surface area contributed by atoms with Crippen LogP contribution in [0.4, 0.5) is 5.82 Å². The Balaban J connectivity index is 1.90. The third-order valence-corrected chi connectivity index (χ3v) is 3.10. The van der Waals surface area contributed by atoms with Crippen molar-refractivity contribution < 1.29 is 9.84 Å². The summed E-state index contributed by atoms with van der Waals surface area (Å²) in [6.45, 7) is 3.24. The van der Waals surface area contributed by atoms with Gasteiger partial charge in [0.05, 0.1) is 6.61 Å². The topological polar surface area (TPSA) is 67.3 Å². The van der Waals surface area contributed by atoms with Crippen molar-refractivity contribution in [2.75, 3.05) is 19.0 Å². The SMILES string of the molecule is COCc1nc(C)cc(NCCc2ccc(CO)cc2)n1. The number of aliphatic hydroxyl groups is 1. The highest BCUT2D eigenvalue weighted by Crippen LogP contribution is 2.09. The van der Waals surface area contributed by atoms with Gasteiger partial charge in [0.25, 0.3) is 0 Å². The first-order chi connectivity index (χ1) is 10.2. The Morgan fingerprint density at radius 2 is 1.86 bits per heavy atom. The van der Waals surface area contributed by atoms with Gasteiger partial charge in [-0.2, -0.15) is 0 Å². The molecule has 2 rings (SSSR count). The number of nitrogens with one attached hydrogen (secondary N) is 1. The number of aromatic nitrogens is 2. The lowest BCUT2D eigenvalue weighted by Crippen LogP contribution is -2.09. The molecular formula is C16H21N3O2. The first kappa shape index (κ1) is 15.4. The summed E-state index contributed by atoms with van der Waals surface area (Å²) in [7, 11) is 1.63. The van der Waals surface area contributed by atoms with Crippen LogP contribution in [0.2, 0.25) is 0 Å². The number of hydrogen-bond acceptors (Lipinski definition) is 5. The van der Waals surface area contributed by atoms with Crippen molar-refractivity contribution in [3.05, 3.63) is 53.0 Å². The van der Waals surface area contributed by atoms with Gasteiger partial charge in [-0.3, -0.25) is 0 Å². The fourth-order valence-electron chi connectivity index (χ4n) is 2.06. The number of anilines is 1. The van der Waals surface area contributed by atoms with Crippen molar-refractivity contribution in [3.63, 3.8) is 0 Å². The highest BCUT2D eigenvalue weighted by molar-refractivity contribution is 5.36. The van der Waals surface area contributed by atoms with Gasteiger partial charge in [-0.25, -0.2) is 9.97 Å². The van der Waals surface area contributed by atoms with Gasteiger partial charge in [0, 0.05) is 25.4 Å². The molecule has 0 amide bonds. The van der Waals surface area contributed by atoms with Crippen molar-refractivity contribution in [2.45, 2.75) is 26.6 Å². The number of benzene rings is 1. The number of aryl methyl sites for hydroxylation is 1. The van der Waals surface area contributed by atoms with Crippen LogP contribution >= 0.6 is 0 Å². The van der Waals surface area contributed by atoms with E-state index in [0.29, 0.717) is 12.4 Å². The number of methoxy groups -OCH3 is 1. The first-order valence-electron chi connectivity index (χ1n) is 6.97. The van der Waals surface area contributed by atoms with E-state index in [1.165, 1.54) is 5.56 Å². The molecule has 5 heteroatoms. The highest BCUT2D eigenvalue weighted by atomic mass is 16.5. The summed E-state index contributed by atoms with van der Waals surface area (Å²) in [6, 6.07) is 9.89. The zero-order chi connectivity index (χ0) is 15.1. The molecule has 1 aromatic carbocycles. The molecule has 2 N–H and O–H groups in total. The van der Waals surface area contributed by atoms with Crippen LogP contribution in [-0.4, -0.2) is 28.7 Å². The van der Waals surface area contributed by atoms with E-state index < -0.39 is 0 Å². The maximum absolute atomic E-state index is 9.01. The van der Waals surface area contributed by atoms with E-state index in [9.17, 15) is 0 Å². The van der Waals surface area contributed by atoms with Crippen molar-refractivity contribution in [2.24, 2.45) is 0 Å². The lowest BCUT2D eigenvalue weighted by molar-refractivity contribution is 0.177. The van der Waals surface area contributed by atoms with Gasteiger partial charge in [-0.15, -0.1) is 0 Å². The summed E-state index contributed by atoms with van der Waals surface area (Å²) in [5.41, 5.74) is 3.08. The number of nitrogens with zero attached hydrogens (tertiary/aromatic N) is 2. The Morgan fingerprint density at radius 1 is 1.14 bits per heavy atom. The Labute approximate surface area is 125 Å². The molecule has 0 bridgehead atoms. The van der Waals surface area contributed by atoms with E-state index in [-0.39, 0.29) is 6.61 Å². The van der Waals surface area contributed by atoms with Crippen LogP contribution in [0, 0.1) is 6.92 Å². The molecule has 1 heterocycles. The average molecular weight is 287 g/mol. The fourth-order valence-corrected chi connectivity index (χ4v) is 2.06. The Morgan fingerprint density at radius 3 is 2.52 bits per heavy atom. The largest absolute Gasteiger partial charge is 0.392 e. The molecule has 0 spiro atoms. The molecule has 0 atom stereocenters. The molecule has 0 aliphatic carbocycles. The van der Waals surface area contributed by atoms with Crippen molar-refractivity contribution in [1.29, 1.82) is 0 Å². The molecule has 0 saturated carbocycles.